The summed E-state index contributed by atoms with van der Waals surface area (Å²) in [4.78, 5) is 30.4. The fraction of sp³-hybridized carbons (Fsp3) is 0.600. The SMILES string of the molecule is CSc1cccc(N2CC(C(=O)N(C)C3CC4CCC(C3)N4)CC2=O)c1.Cl. The van der Waals surface area contributed by atoms with Gasteiger partial charge in [-0.3, -0.25) is 9.59 Å². The second-order valence-electron chi connectivity index (χ2n) is 7.82. The molecule has 1 aromatic carbocycles. The number of carbonyl (C=O) groups is 2. The molecule has 2 amide bonds. The minimum atomic E-state index is -0.224. The number of nitrogens with zero attached hydrogens (tertiary/aromatic N) is 2. The Morgan fingerprint density at radius 2 is 1.96 bits per heavy atom. The number of hydrogen-bond donors (Lipinski definition) is 1. The van der Waals surface area contributed by atoms with Gasteiger partial charge in [0.25, 0.3) is 0 Å². The maximum Gasteiger partial charge on any atom is 0.228 e. The lowest BCUT2D eigenvalue weighted by atomic mass is 9.97. The zero-order chi connectivity index (χ0) is 18.3. The Kier molecular flexibility index (Phi) is 6.39. The Labute approximate surface area is 171 Å². The third-order valence-corrected chi connectivity index (χ3v) is 6.91. The monoisotopic (exact) mass is 409 g/mol. The first-order valence-electron chi connectivity index (χ1n) is 9.52. The second kappa shape index (κ2) is 8.41. The van der Waals surface area contributed by atoms with Crippen molar-refractivity contribution in [3.05, 3.63) is 24.3 Å². The maximum absolute atomic E-state index is 13.0. The van der Waals surface area contributed by atoms with Crippen LogP contribution >= 0.6 is 24.2 Å². The Balaban J connectivity index is 0.00000210. The first kappa shape index (κ1) is 20.5. The molecule has 148 valence electrons. The fourth-order valence-corrected chi connectivity index (χ4v) is 5.17. The molecule has 4 rings (SSSR count). The molecule has 3 atom stereocenters. The average Bonchev–Trinajstić information content (AvgIpc) is 3.22. The number of hydrogen-bond acceptors (Lipinski definition) is 4. The predicted molar refractivity (Wildman–Crippen MR) is 112 cm³/mol. The van der Waals surface area contributed by atoms with E-state index in [9.17, 15) is 9.59 Å². The molecule has 2 bridgehead atoms. The molecule has 0 radical (unpaired) electrons. The number of nitrogens with one attached hydrogen (secondary N) is 1. The normalized spacial score (nSPS) is 29.6. The van der Waals surface area contributed by atoms with Crippen LogP contribution in [0.15, 0.2) is 29.2 Å². The van der Waals surface area contributed by atoms with E-state index in [4.69, 9.17) is 0 Å². The van der Waals surface area contributed by atoms with E-state index in [1.165, 1.54) is 12.8 Å². The summed E-state index contributed by atoms with van der Waals surface area (Å²) in [5.74, 6) is -0.0356. The number of fused-ring (bicyclic) bond motifs is 2. The highest BCUT2D eigenvalue weighted by atomic mass is 35.5. The van der Waals surface area contributed by atoms with Crippen LogP contribution in [0.25, 0.3) is 0 Å². The zero-order valence-corrected chi connectivity index (χ0v) is 17.5. The fourth-order valence-electron chi connectivity index (χ4n) is 4.71. The van der Waals surface area contributed by atoms with Crippen LogP contribution in [-0.2, 0) is 9.59 Å². The van der Waals surface area contributed by atoms with E-state index >= 15 is 0 Å². The van der Waals surface area contributed by atoms with Crippen molar-refractivity contribution >= 4 is 41.7 Å². The molecule has 3 aliphatic heterocycles. The average molecular weight is 410 g/mol. The van der Waals surface area contributed by atoms with Crippen LogP contribution in [0.5, 0.6) is 0 Å². The lowest BCUT2D eigenvalue weighted by molar-refractivity contribution is -0.137. The minimum absolute atomic E-state index is 0. The van der Waals surface area contributed by atoms with Crippen LogP contribution in [0.4, 0.5) is 5.69 Å². The highest BCUT2D eigenvalue weighted by Gasteiger charge is 2.41. The Bertz CT molecular complexity index is 704. The van der Waals surface area contributed by atoms with Crippen LogP contribution in [0.1, 0.15) is 32.1 Å². The quantitative estimate of drug-likeness (QED) is 0.777. The molecule has 3 heterocycles. The van der Waals surface area contributed by atoms with Crippen LogP contribution < -0.4 is 10.2 Å². The molecule has 0 aromatic heterocycles. The van der Waals surface area contributed by atoms with Gasteiger partial charge >= 0.3 is 0 Å². The molecule has 3 saturated heterocycles. The smallest absolute Gasteiger partial charge is 0.228 e. The van der Waals surface area contributed by atoms with Crippen molar-refractivity contribution in [2.24, 2.45) is 5.92 Å². The largest absolute Gasteiger partial charge is 0.342 e. The molecule has 3 unspecified atom stereocenters. The predicted octanol–water partition coefficient (Wildman–Crippen LogP) is 2.92. The van der Waals surface area contributed by atoms with Gasteiger partial charge in [-0.25, -0.2) is 0 Å². The number of rotatable bonds is 4. The molecule has 7 heteroatoms. The van der Waals surface area contributed by atoms with Gasteiger partial charge in [-0.1, -0.05) is 6.07 Å². The van der Waals surface area contributed by atoms with Crippen molar-refractivity contribution in [1.82, 2.24) is 10.2 Å². The molecule has 0 saturated carbocycles. The van der Waals surface area contributed by atoms with Gasteiger partial charge in [0.15, 0.2) is 0 Å². The van der Waals surface area contributed by atoms with Crippen LogP contribution in [0.2, 0.25) is 0 Å². The van der Waals surface area contributed by atoms with Gasteiger partial charge in [0.05, 0.1) is 5.92 Å². The summed E-state index contributed by atoms with van der Waals surface area (Å²) in [6.07, 6.45) is 6.88. The van der Waals surface area contributed by atoms with E-state index in [1.807, 2.05) is 42.5 Å². The van der Waals surface area contributed by atoms with Crippen molar-refractivity contribution in [2.45, 2.75) is 55.1 Å². The number of thioether (sulfide) groups is 1. The number of amides is 2. The summed E-state index contributed by atoms with van der Waals surface area (Å²) in [6, 6.07) is 9.43. The van der Waals surface area contributed by atoms with Crippen LogP contribution in [0, 0.1) is 5.92 Å². The molecule has 3 aliphatic rings. The molecular formula is C20H28ClN3O2S. The van der Waals surface area contributed by atoms with Gasteiger partial charge in [0.2, 0.25) is 11.8 Å². The number of halogens is 1. The van der Waals surface area contributed by atoms with Crippen molar-refractivity contribution < 1.29 is 9.59 Å². The van der Waals surface area contributed by atoms with E-state index in [0.717, 1.165) is 23.4 Å². The third kappa shape index (κ3) is 4.13. The Morgan fingerprint density at radius 3 is 2.63 bits per heavy atom. The molecular weight excluding hydrogens is 382 g/mol. The van der Waals surface area contributed by atoms with E-state index in [-0.39, 0.29) is 30.1 Å². The summed E-state index contributed by atoms with van der Waals surface area (Å²) < 4.78 is 0. The topological polar surface area (TPSA) is 52.7 Å². The van der Waals surface area contributed by atoms with Gasteiger partial charge in [-0.2, -0.15) is 0 Å². The molecule has 5 nitrogen and oxygen atoms in total. The van der Waals surface area contributed by atoms with Gasteiger partial charge < -0.3 is 15.1 Å². The van der Waals surface area contributed by atoms with Crippen LogP contribution in [0.3, 0.4) is 0 Å². The Morgan fingerprint density at radius 1 is 1.26 bits per heavy atom. The van der Waals surface area contributed by atoms with Gasteiger partial charge in [0, 0.05) is 48.7 Å². The molecule has 27 heavy (non-hydrogen) atoms. The van der Waals surface area contributed by atoms with E-state index in [0.29, 0.717) is 31.1 Å². The first-order chi connectivity index (χ1) is 12.5. The molecule has 0 aliphatic carbocycles. The highest BCUT2D eigenvalue weighted by Crippen LogP contribution is 2.32. The molecule has 3 fully saturated rings. The van der Waals surface area contributed by atoms with Gasteiger partial charge in [0.1, 0.15) is 0 Å². The van der Waals surface area contributed by atoms with Crippen LogP contribution in [-0.4, -0.2) is 54.7 Å². The summed E-state index contributed by atoms with van der Waals surface area (Å²) in [5, 5.41) is 3.63. The number of benzene rings is 1. The van der Waals surface area contributed by atoms with E-state index in [2.05, 4.69) is 5.32 Å². The van der Waals surface area contributed by atoms with E-state index in [1.54, 1.807) is 16.7 Å². The number of carbonyl (C=O) groups excluding carboxylic acids is 2. The van der Waals surface area contributed by atoms with Crippen molar-refractivity contribution in [3.63, 3.8) is 0 Å². The standard InChI is InChI=1S/C20H27N3O2S.ClH/c1-22(17-9-14-6-7-15(10-17)21-14)20(25)13-8-19(24)23(12-13)16-4-3-5-18(11-16)26-2;/h3-5,11,13-15,17,21H,6-10,12H2,1-2H3;1H. The Hall–Kier alpha value is -1.24. The molecule has 1 N–H and O–H groups in total. The van der Waals surface area contributed by atoms with Gasteiger partial charge in [-0.05, 0) is 50.1 Å². The first-order valence-corrected chi connectivity index (χ1v) is 10.7. The van der Waals surface area contributed by atoms with Crippen molar-refractivity contribution in [1.29, 1.82) is 0 Å². The number of piperidine rings is 1. The summed E-state index contributed by atoms with van der Waals surface area (Å²) in [7, 11) is 1.93. The van der Waals surface area contributed by atoms with Crippen molar-refractivity contribution in [3.8, 4) is 0 Å². The summed E-state index contributed by atoms with van der Waals surface area (Å²) in [6.45, 7) is 0.498. The van der Waals surface area contributed by atoms with Gasteiger partial charge in [-0.15, -0.1) is 24.2 Å². The molecule has 1 aromatic rings. The highest BCUT2D eigenvalue weighted by molar-refractivity contribution is 7.98. The third-order valence-electron chi connectivity index (χ3n) is 6.18. The summed E-state index contributed by atoms with van der Waals surface area (Å²) >= 11 is 1.66. The lowest BCUT2D eigenvalue weighted by Gasteiger charge is -2.36. The second-order valence-corrected chi connectivity index (χ2v) is 8.70. The maximum atomic E-state index is 13.0. The number of anilines is 1. The summed E-state index contributed by atoms with van der Waals surface area (Å²) in [5.41, 5.74) is 0.903. The lowest BCUT2D eigenvalue weighted by Crippen LogP contribution is -2.50. The van der Waals surface area contributed by atoms with E-state index < -0.39 is 0 Å². The molecule has 0 spiro atoms. The zero-order valence-electron chi connectivity index (χ0n) is 15.9. The van der Waals surface area contributed by atoms with Crippen molar-refractivity contribution in [2.75, 3.05) is 24.7 Å². The minimum Gasteiger partial charge on any atom is -0.342 e.